The Kier molecular flexibility index (Phi) is 5.79. The number of imidazole rings is 1. The molecule has 1 aliphatic rings. The molecule has 150 valence electrons. The summed E-state index contributed by atoms with van der Waals surface area (Å²) in [6.45, 7) is 2.11. The molecule has 1 saturated heterocycles. The van der Waals surface area contributed by atoms with E-state index in [2.05, 4.69) is 25.2 Å². The number of halogens is 1. The minimum absolute atomic E-state index is 0.00873. The lowest BCUT2D eigenvalue weighted by Crippen LogP contribution is -2.41. The van der Waals surface area contributed by atoms with Crippen LogP contribution in [0.1, 0.15) is 18.4 Å². The van der Waals surface area contributed by atoms with Crippen LogP contribution >= 0.6 is 0 Å². The molecule has 7 nitrogen and oxygen atoms in total. The number of carbonyl (C=O) groups is 1. The Balaban J connectivity index is 1.26. The smallest absolute Gasteiger partial charge is 0.223 e. The van der Waals surface area contributed by atoms with Gasteiger partial charge in [-0.2, -0.15) is 0 Å². The summed E-state index contributed by atoms with van der Waals surface area (Å²) in [5.74, 6) is 1.49. The van der Waals surface area contributed by atoms with E-state index in [0.29, 0.717) is 13.0 Å². The molecule has 0 unspecified atom stereocenters. The third kappa shape index (κ3) is 4.77. The Morgan fingerprint density at radius 3 is 2.62 bits per heavy atom. The SMILES string of the molecule is O=C(NCCc1ccc(F)cc1)C1CCN(c2cc(-n3ccnc3)ncn2)CC1. The van der Waals surface area contributed by atoms with E-state index in [-0.39, 0.29) is 17.6 Å². The van der Waals surface area contributed by atoms with Crippen LogP contribution in [0.25, 0.3) is 5.82 Å². The molecule has 29 heavy (non-hydrogen) atoms. The molecule has 4 rings (SSSR count). The number of hydrogen-bond acceptors (Lipinski definition) is 5. The molecule has 3 aromatic rings. The van der Waals surface area contributed by atoms with Crippen molar-refractivity contribution in [2.24, 2.45) is 5.92 Å². The predicted molar refractivity (Wildman–Crippen MR) is 107 cm³/mol. The maximum atomic E-state index is 12.9. The first-order chi connectivity index (χ1) is 14.2. The van der Waals surface area contributed by atoms with Crippen molar-refractivity contribution < 1.29 is 9.18 Å². The van der Waals surface area contributed by atoms with E-state index < -0.39 is 0 Å². The van der Waals surface area contributed by atoms with E-state index in [4.69, 9.17) is 0 Å². The van der Waals surface area contributed by atoms with Crippen molar-refractivity contribution in [3.05, 3.63) is 66.8 Å². The third-order valence-corrected chi connectivity index (χ3v) is 5.22. The van der Waals surface area contributed by atoms with Crippen molar-refractivity contribution in [2.75, 3.05) is 24.5 Å². The summed E-state index contributed by atoms with van der Waals surface area (Å²) in [5, 5.41) is 3.01. The molecular formula is C21H23FN6O. The molecule has 2 aromatic heterocycles. The molecular weight excluding hydrogens is 371 g/mol. The molecule has 8 heteroatoms. The molecule has 0 bridgehead atoms. The van der Waals surface area contributed by atoms with Crippen molar-refractivity contribution in [3.8, 4) is 5.82 Å². The molecule has 1 aromatic carbocycles. The van der Waals surface area contributed by atoms with Gasteiger partial charge in [0.25, 0.3) is 0 Å². The zero-order valence-electron chi connectivity index (χ0n) is 16.0. The maximum Gasteiger partial charge on any atom is 0.223 e. The van der Waals surface area contributed by atoms with Crippen LogP contribution < -0.4 is 10.2 Å². The number of anilines is 1. The van der Waals surface area contributed by atoms with E-state index in [9.17, 15) is 9.18 Å². The molecule has 0 atom stereocenters. The fourth-order valence-electron chi connectivity index (χ4n) is 3.54. The van der Waals surface area contributed by atoms with Gasteiger partial charge in [0.05, 0.1) is 0 Å². The van der Waals surface area contributed by atoms with Crippen LogP contribution in [-0.4, -0.2) is 45.1 Å². The topological polar surface area (TPSA) is 75.9 Å². The molecule has 0 radical (unpaired) electrons. The zero-order chi connectivity index (χ0) is 20.1. The predicted octanol–water partition coefficient (Wildman–Crippen LogP) is 2.38. The quantitative estimate of drug-likeness (QED) is 0.695. The molecule has 1 amide bonds. The van der Waals surface area contributed by atoms with Crippen LogP contribution in [-0.2, 0) is 11.2 Å². The highest BCUT2D eigenvalue weighted by atomic mass is 19.1. The summed E-state index contributed by atoms with van der Waals surface area (Å²) in [6.07, 6.45) is 9.08. The van der Waals surface area contributed by atoms with Gasteiger partial charge in [0.1, 0.15) is 30.1 Å². The lowest BCUT2D eigenvalue weighted by Gasteiger charge is -2.32. The van der Waals surface area contributed by atoms with Crippen LogP contribution in [0.5, 0.6) is 0 Å². The minimum atomic E-state index is -0.245. The minimum Gasteiger partial charge on any atom is -0.356 e. The van der Waals surface area contributed by atoms with E-state index >= 15 is 0 Å². The standard InChI is InChI=1S/C21H23FN6O/c22-18-3-1-16(2-4-18)5-8-24-21(29)17-6-10-27(11-7-17)19-13-20(26-14-25-19)28-12-9-23-15-28/h1-4,9,12-15,17H,5-8,10-11H2,(H,24,29). The highest BCUT2D eigenvalue weighted by Gasteiger charge is 2.25. The van der Waals surface area contributed by atoms with E-state index in [0.717, 1.165) is 43.1 Å². The van der Waals surface area contributed by atoms with Crippen LogP contribution in [0.2, 0.25) is 0 Å². The van der Waals surface area contributed by atoms with Crippen molar-refractivity contribution in [3.63, 3.8) is 0 Å². The molecule has 1 N–H and O–H groups in total. The van der Waals surface area contributed by atoms with Gasteiger partial charge in [-0.15, -0.1) is 0 Å². The summed E-state index contributed by atoms with van der Waals surface area (Å²) in [4.78, 5) is 27.4. The van der Waals surface area contributed by atoms with Gasteiger partial charge in [0.15, 0.2) is 0 Å². The fraction of sp³-hybridized carbons (Fsp3) is 0.333. The number of nitrogens with zero attached hydrogens (tertiary/aromatic N) is 5. The first-order valence-corrected chi connectivity index (χ1v) is 9.76. The van der Waals surface area contributed by atoms with Crippen molar-refractivity contribution in [1.29, 1.82) is 0 Å². The summed E-state index contributed by atoms with van der Waals surface area (Å²) in [5.41, 5.74) is 1.01. The summed E-state index contributed by atoms with van der Waals surface area (Å²) >= 11 is 0. The van der Waals surface area contributed by atoms with Gasteiger partial charge < -0.3 is 10.2 Å². The maximum absolute atomic E-state index is 12.9. The molecule has 3 heterocycles. The Bertz CT molecular complexity index is 936. The van der Waals surface area contributed by atoms with Crippen molar-refractivity contribution >= 4 is 11.7 Å². The second kappa shape index (κ2) is 8.81. The number of hydrogen-bond donors (Lipinski definition) is 1. The normalized spacial score (nSPS) is 14.7. The number of carbonyl (C=O) groups excluding carboxylic acids is 1. The van der Waals surface area contributed by atoms with Crippen LogP contribution in [0, 0.1) is 11.7 Å². The first kappa shape index (κ1) is 19.0. The van der Waals surface area contributed by atoms with Gasteiger partial charge >= 0.3 is 0 Å². The third-order valence-electron chi connectivity index (χ3n) is 5.22. The van der Waals surface area contributed by atoms with Gasteiger partial charge in [0.2, 0.25) is 5.91 Å². The largest absolute Gasteiger partial charge is 0.356 e. The lowest BCUT2D eigenvalue weighted by molar-refractivity contribution is -0.125. The Morgan fingerprint density at radius 2 is 1.90 bits per heavy atom. The average molecular weight is 394 g/mol. The number of piperidine rings is 1. The summed E-state index contributed by atoms with van der Waals surface area (Å²) in [6, 6.07) is 8.32. The van der Waals surface area contributed by atoms with Gasteiger partial charge in [0, 0.05) is 44.0 Å². The number of benzene rings is 1. The summed E-state index contributed by atoms with van der Waals surface area (Å²) < 4.78 is 14.8. The van der Waals surface area contributed by atoms with E-state index in [1.807, 2.05) is 16.8 Å². The van der Waals surface area contributed by atoms with Gasteiger partial charge in [-0.25, -0.2) is 19.3 Å². The molecule has 0 aliphatic carbocycles. The van der Waals surface area contributed by atoms with Crippen LogP contribution in [0.3, 0.4) is 0 Å². The second-order valence-corrected chi connectivity index (χ2v) is 7.13. The second-order valence-electron chi connectivity index (χ2n) is 7.13. The Labute approximate surface area is 168 Å². The summed E-state index contributed by atoms with van der Waals surface area (Å²) in [7, 11) is 0. The molecule has 0 saturated carbocycles. The van der Waals surface area contributed by atoms with E-state index in [1.54, 1.807) is 31.0 Å². The first-order valence-electron chi connectivity index (χ1n) is 9.76. The highest BCUT2D eigenvalue weighted by molar-refractivity contribution is 5.79. The van der Waals surface area contributed by atoms with Gasteiger partial charge in [-0.05, 0) is 37.0 Å². The number of amides is 1. The Morgan fingerprint density at radius 1 is 1.14 bits per heavy atom. The van der Waals surface area contributed by atoms with Crippen molar-refractivity contribution in [1.82, 2.24) is 24.8 Å². The fourth-order valence-corrected chi connectivity index (χ4v) is 3.54. The number of rotatable bonds is 6. The number of nitrogens with one attached hydrogen (secondary N) is 1. The lowest BCUT2D eigenvalue weighted by atomic mass is 9.96. The van der Waals surface area contributed by atoms with Gasteiger partial charge in [-0.1, -0.05) is 12.1 Å². The molecule has 0 spiro atoms. The van der Waals surface area contributed by atoms with Crippen molar-refractivity contribution in [2.45, 2.75) is 19.3 Å². The average Bonchev–Trinajstić information content (AvgIpc) is 3.30. The highest BCUT2D eigenvalue weighted by Crippen LogP contribution is 2.22. The van der Waals surface area contributed by atoms with Crippen LogP contribution in [0.4, 0.5) is 10.2 Å². The molecule has 1 fully saturated rings. The zero-order valence-corrected chi connectivity index (χ0v) is 16.0. The van der Waals surface area contributed by atoms with Gasteiger partial charge in [-0.3, -0.25) is 9.36 Å². The Hall–Kier alpha value is -3.29. The molecule has 1 aliphatic heterocycles. The van der Waals surface area contributed by atoms with E-state index in [1.165, 1.54) is 12.1 Å². The monoisotopic (exact) mass is 394 g/mol. The number of aromatic nitrogens is 4. The van der Waals surface area contributed by atoms with Crippen LogP contribution in [0.15, 0.2) is 55.4 Å².